The molecule has 0 spiro atoms. The molecule has 0 aliphatic rings. The average Bonchev–Trinajstić information content (AvgIpc) is 2.35. The lowest BCUT2D eigenvalue weighted by Gasteiger charge is -2.22. The van der Waals surface area contributed by atoms with Crippen molar-refractivity contribution >= 4 is 11.6 Å². The van der Waals surface area contributed by atoms with Crippen LogP contribution in [-0.4, -0.2) is 6.54 Å². The Kier molecular flexibility index (Phi) is 5.02. The third-order valence-corrected chi connectivity index (χ3v) is 3.79. The summed E-state index contributed by atoms with van der Waals surface area (Å²) in [6, 6.07) is 9.28. The molecule has 0 fully saturated rings. The fourth-order valence-electron chi connectivity index (χ4n) is 2.81. The molecule has 0 aromatic heterocycles. The van der Waals surface area contributed by atoms with Crippen LogP contribution in [0.3, 0.4) is 0 Å². The summed E-state index contributed by atoms with van der Waals surface area (Å²) in [6.07, 6.45) is 0. The fraction of sp³-hybridized carbons (Fsp3) is 0.333. The summed E-state index contributed by atoms with van der Waals surface area (Å²) in [5.41, 5.74) is 4.66. The van der Waals surface area contributed by atoms with Gasteiger partial charge in [-0.3, -0.25) is 0 Å². The third-order valence-electron chi connectivity index (χ3n) is 3.58. The van der Waals surface area contributed by atoms with E-state index in [1.807, 2.05) is 45.9 Å². The maximum absolute atomic E-state index is 14.5. The molecule has 0 radical (unpaired) electrons. The molecule has 0 aliphatic heterocycles. The highest BCUT2D eigenvalue weighted by Gasteiger charge is 2.20. The van der Waals surface area contributed by atoms with Crippen LogP contribution >= 0.6 is 11.6 Å². The van der Waals surface area contributed by atoms with Crippen LogP contribution < -0.4 is 5.32 Å². The summed E-state index contributed by atoms with van der Waals surface area (Å²) in [4.78, 5) is 0. The molecule has 0 saturated carbocycles. The molecule has 0 amide bonds. The topological polar surface area (TPSA) is 12.0 Å². The largest absolute Gasteiger partial charge is 0.306 e. The first-order valence-electron chi connectivity index (χ1n) is 7.19. The van der Waals surface area contributed by atoms with Gasteiger partial charge < -0.3 is 5.32 Å². The van der Waals surface area contributed by atoms with Gasteiger partial charge in [-0.1, -0.05) is 30.7 Å². The molecule has 0 saturated heterocycles. The zero-order chi connectivity index (χ0) is 15.6. The number of rotatable bonds is 4. The number of benzene rings is 2. The molecule has 0 heterocycles. The number of hydrogen-bond donors (Lipinski definition) is 1. The van der Waals surface area contributed by atoms with Gasteiger partial charge in [0.25, 0.3) is 0 Å². The molecule has 2 aromatic rings. The van der Waals surface area contributed by atoms with Gasteiger partial charge in [0, 0.05) is 10.6 Å². The van der Waals surface area contributed by atoms with Crippen LogP contribution in [0.25, 0.3) is 0 Å². The lowest BCUT2D eigenvalue weighted by Crippen LogP contribution is -2.24. The van der Waals surface area contributed by atoms with Crippen LogP contribution in [0.2, 0.25) is 5.02 Å². The van der Waals surface area contributed by atoms with Crippen molar-refractivity contribution in [3.8, 4) is 0 Å². The summed E-state index contributed by atoms with van der Waals surface area (Å²) in [5.74, 6) is -0.170. The van der Waals surface area contributed by atoms with Crippen LogP contribution in [-0.2, 0) is 0 Å². The second-order valence-electron chi connectivity index (χ2n) is 5.53. The van der Waals surface area contributed by atoms with E-state index < -0.39 is 0 Å². The predicted molar refractivity (Wildman–Crippen MR) is 87.6 cm³/mol. The van der Waals surface area contributed by atoms with Crippen molar-refractivity contribution in [2.75, 3.05) is 6.54 Å². The predicted octanol–water partition coefficient (Wildman–Crippen LogP) is 5.10. The molecule has 21 heavy (non-hydrogen) atoms. The van der Waals surface area contributed by atoms with Gasteiger partial charge >= 0.3 is 0 Å². The van der Waals surface area contributed by atoms with E-state index in [1.165, 1.54) is 0 Å². The maximum Gasteiger partial charge on any atom is 0.128 e. The number of aryl methyl sites for hydroxylation is 3. The van der Waals surface area contributed by atoms with Crippen LogP contribution in [0, 0.1) is 26.6 Å². The van der Waals surface area contributed by atoms with Gasteiger partial charge in [0.1, 0.15) is 5.82 Å². The Morgan fingerprint density at radius 3 is 2.29 bits per heavy atom. The minimum absolute atomic E-state index is 0.170. The smallest absolute Gasteiger partial charge is 0.128 e. The zero-order valence-corrected chi connectivity index (χ0v) is 13.7. The molecule has 2 rings (SSSR count). The highest BCUT2D eigenvalue weighted by atomic mass is 35.5. The summed E-state index contributed by atoms with van der Waals surface area (Å²) >= 11 is 6.17. The molecule has 0 aliphatic carbocycles. The Balaban J connectivity index is 2.58. The Labute approximate surface area is 131 Å². The van der Waals surface area contributed by atoms with Gasteiger partial charge in [0.05, 0.1) is 6.04 Å². The molecule has 1 atom stereocenters. The molecule has 112 valence electrons. The third kappa shape index (κ3) is 3.63. The molecule has 1 nitrogen and oxygen atoms in total. The van der Waals surface area contributed by atoms with Crippen LogP contribution in [0.1, 0.15) is 40.8 Å². The molecule has 0 bridgehead atoms. The zero-order valence-electron chi connectivity index (χ0n) is 12.9. The Morgan fingerprint density at radius 2 is 1.71 bits per heavy atom. The van der Waals surface area contributed by atoms with E-state index in [9.17, 15) is 4.39 Å². The maximum atomic E-state index is 14.5. The quantitative estimate of drug-likeness (QED) is 0.828. The first-order valence-corrected chi connectivity index (χ1v) is 7.57. The van der Waals surface area contributed by atoms with E-state index in [0.29, 0.717) is 10.6 Å². The van der Waals surface area contributed by atoms with Crippen LogP contribution in [0.5, 0.6) is 0 Å². The molecular weight excluding hydrogens is 285 g/mol. The average molecular weight is 306 g/mol. The molecule has 1 N–H and O–H groups in total. The molecule has 3 heteroatoms. The first-order chi connectivity index (χ1) is 9.92. The van der Waals surface area contributed by atoms with E-state index in [4.69, 9.17) is 11.6 Å². The van der Waals surface area contributed by atoms with E-state index in [-0.39, 0.29) is 11.9 Å². The van der Waals surface area contributed by atoms with E-state index >= 15 is 0 Å². The minimum atomic E-state index is -0.187. The van der Waals surface area contributed by atoms with Gasteiger partial charge in [-0.15, -0.1) is 0 Å². The standard InChI is InChI=1S/C18H21ClFN/c1-5-21-18(14-7-12(3)8-15(19)10-14)17-13(4)6-11(2)9-16(17)20/h6-10,18,21H,5H2,1-4H3. The van der Waals surface area contributed by atoms with Crippen molar-refractivity contribution in [2.45, 2.75) is 33.7 Å². The van der Waals surface area contributed by atoms with Gasteiger partial charge in [0.15, 0.2) is 0 Å². The first kappa shape index (κ1) is 16.0. The number of nitrogens with one attached hydrogen (secondary N) is 1. The fourth-order valence-corrected chi connectivity index (χ4v) is 3.11. The van der Waals surface area contributed by atoms with E-state index in [2.05, 4.69) is 11.4 Å². The van der Waals surface area contributed by atoms with Crippen LogP contribution in [0.15, 0.2) is 30.3 Å². The molecule has 2 aromatic carbocycles. The summed E-state index contributed by atoms with van der Waals surface area (Å²) < 4.78 is 14.5. The summed E-state index contributed by atoms with van der Waals surface area (Å²) in [6.45, 7) is 8.63. The number of halogens is 2. The second kappa shape index (κ2) is 6.59. The highest BCUT2D eigenvalue weighted by molar-refractivity contribution is 6.30. The van der Waals surface area contributed by atoms with Crippen molar-refractivity contribution in [3.05, 3.63) is 69.0 Å². The number of hydrogen-bond acceptors (Lipinski definition) is 1. The monoisotopic (exact) mass is 305 g/mol. The lowest BCUT2D eigenvalue weighted by atomic mass is 9.92. The van der Waals surface area contributed by atoms with Crippen molar-refractivity contribution in [2.24, 2.45) is 0 Å². The Morgan fingerprint density at radius 1 is 1.05 bits per heavy atom. The van der Waals surface area contributed by atoms with Crippen molar-refractivity contribution in [3.63, 3.8) is 0 Å². The lowest BCUT2D eigenvalue weighted by molar-refractivity contribution is 0.555. The Bertz CT molecular complexity index is 608. The van der Waals surface area contributed by atoms with Gasteiger partial charge in [-0.2, -0.15) is 0 Å². The van der Waals surface area contributed by atoms with Crippen molar-refractivity contribution < 1.29 is 4.39 Å². The molecule has 1 unspecified atom stereocenters. The van der Waals surface area contributed by atoms with E-state index in [0.717, 1.165) is 28.8 Å². The van der Waals surface area contributed by atoms with Crippen molar-refractivity contribution in [1.29, 1.82) is 0 Å². The highest BCUT2D eigenvalue weighted by Crippen LogP contribution is 2.30. The SMILES string of the molecule is CCNC(c1cc(C)cc(Cl)c1)c1c(C)cc(C)cc1F. The van der Waals surface area contributed by atoms with Crippen molar-refractivity contribution in [1.82, 2.24) is 5.32 Å². The second-order valence-corrected chi connectivity index (χ2v) is 5.97. The summed E-state index contributed by atoms with van der Waals surface area (Å²) in [5, 5.41) is 4.05. The van der Waals surface area contributed by atoms with Gasteiger partial charge in [-0.05, 0) is 67.8 Å². The van der Waals surface area contributed by atoms with Gasteiger partial charge in [0.2, 0.25) is 0 Å². The minimum Gasteiger partial charge on any atom is -0.306 e. The Hall–Kier alpha value is -1.38. The van der Waals surface area contributed by atoms with Gasteiger partial charge in [-0.25, -0.2) is 4.39 Å². The normalized spacial score (nSPS) is 12.5. The van der Waals surface area contributed by atoms with Crippen LogP contribution in [0.4, 0.5) is 4.39 Å². The summed E-state index contributed by atoms with van der Waals surface area (Å²) in [7, 11) is 0. The van der Waals surface area contributed by atoms with E-state index in [1.54, 1.807) is 6.07 Å². The molecular formula is C18H21ClFN.